The highest BCUT2D eigenvalue weighted by atomic mass is 16.5. The van der Waals surface area contributed by atoms with Crippen LogP contribution in [0.1, 0.15) is 32.1 Å². The maximum atomic E-state index is 12.5. The topological polar surface area (TPSA) is 73.3 Å². The van der Waals surface area contributed by atoms with Crippen molar-refractivity contribution in [3.63, 3.8) is 0 Å². The highest BCUT2D eigenvalue weighted by Gasteiger charge is 2.32. The number of nitrogens with zero attached hydrogens (tertiary/aromatic N) is 3. The first-order chi connectivity index (χ1) is 11.6. The van der Waals surface area contributed by atoms with Crippen molar-refractivity contribution in [1.29, 1.82) is 0 Å². The first-order valence-electron chi connectivity index (χ1n) is 9.20. The summed E-state index contributed by atoms with van der Waals surface area (Å²) in [6, 6.07) is 0.117. The van der Waals surface area contributed by atoms with E-state index >= 15 is 0 Å². The molecule has 0 saturated carbocycles. The van der Waals surface area contributed by atoms with Crippen molar-refractivity contribution < 1.29 is 19.4 Å². The lowest BCUT2D eigenvalue weighted by atomic mass is 10.0. The Hall–Kier alpha value is -1.18. The highest BCUT2D eigenvalue weighted by molar-refractivity contribution is 5.80. The molecule has 0 aromatic carbocycles. The van der Waals surface area contributed by atoms with Gasteiger partial charge in [0.25, 0.3) is 0 Å². The molecule has 0 aromatic heterocycles. The van der Waals surface area contributed by atoms with E-state index < -0.39 is 0 Å². The van der Waals surface area contributed by atoms with Crippen LogP contribution in [-0.2, 0) is 14.3 Å². The average Bonchev–Trinajstić information content (AvgIpc) is 2.90. The third-order valence-electron chi connectivity index (χ3n) is 5.47. The van der Waals surface area contributed by atoms with E-state index in [0.717, 1.165) is 45.7 Å². The highest BCUT2D eigenvalue weighted by Crippen LogP contribution is 2.19. The molecule has 3 aliphatic heterocycles. The summed E-state index contributed by atoms with van der Waals surface area (Å²) in [6.45, 7) is 5.75. The second-order valence-electron chi connectivity index (χ2n) is 6.98. The van der Waals surface area contributed by atoms with E-state index in [4.69, 9.17) is 4.74 Å². The van der Waals surface area contributed by atoms with Gasteiger partial charge < -0.3 is 19.6 Å². The number of rotatable bonds is 4. The lowest BCUT2D eigenvalue weighted by Gasteiger charge is -2.36. The predicted molar refractivity (Wildman–Crippen MR) is 88.4 cm³/mol. The number of ether oxygens (including phenoxy) is 1. The molecular weight excluding hydrogens is 310 g/mol. The summed E-state index contributed by atoms with van der Waals surface area (Å²) in [5.74, 6) is 0.269. The molecule has 0 unspecified atom stereocenters. The van der Waals surface area contributed by atoms with Gasteiger partial charge in [-0.15, -0.1) is 0 Å². The van der Waals surface area contributed by atoms with Crippen molar-refractivity contribution in [2.24, 2.45) is 0 Å². The van der Waals surface area contributed by atoms with Crippen molar-refractivity contribution >= 4 is 11.8 Å². The molecule has 3 fully saturated rings. The second-order valence-corrected chi connectivity index (χ2v) is 6.98. The van der Waals surface area contributed by atoms with Crippen molar-refractivity contribution in [3.05, 3.63) is 0 Å². The van der Waals surface area contributed by atoms with Crippen LogP contribution in [0.5, 0.6) is 0 Å². The van der Waals surface area contributed by atoms with Gasteiger partial charge in [0.05, 0.1) is 19.3 Å². The average molecular weight is 339 g/mol. The molecule has 3 rings (SSSR count). The zero-order valence-corrected chi connectivity index (χ0v) is 14.4. The maximum absolute atomic E-state index is 12.5. The van der Waals surface area contributed by atoms with Crippen molar-refractivity contribution in [3.8, 4) is 0 Å². The number of aliphatic hydroxyl groups excluding tert-OH is 1. The molecule has 1 N–H and O–H groups in total. The van der Waals surface area contributed by atoms with Gasteiger partial charge in [0.1, 0.15) is 0 Å². The molecule has 2 amide bonds. The van der Waals surface area contributed by atoms with Crippen molar-refractivity contribution in [1.82, 2.24) is 14.7 Å². The Labute approximate surface area is 143 Å². The summed E-state index contributed by atoms with van der Waals surface area (Å²) in [7, 11) is 0. The Morgan fingerprint density at radius 2 is 1.88 bits per heavy atom. The van der Waals surface area contributed by atoms with Crippen LogP contribution in [0.3, 0.4) is 0 Å². The van der Waals surface area contributed by atoms with E-state index in [1.54, 1.807) is 4.90 Å². The van der Waals surface area contributed by atoms with Gasteiger partial charge in [-0.2, -0.15) is 0 Å². The zero-order valence-electron chi connectivity index (χ0n) is 14.4. The van der Waals surface area contributed by atoms with Crippen molar-refractivity contribution in [2.75, 3.05) is 52.5 Å². The smallest absolute Gasteiger partial charge is 0.224 e. The molecule has 24 heavy (non-hydrogen) atoms. The van der Waals surface area contributed by atoms with E-state index in [0.29, 0.717) is 38.9 Å². The Morgan fingerprint density at radius 3 is 2.58 bits per heavy atom. The summed E-state index contributed by atoms with van der Waals surface area (Å²) in [5, 5.41) is 10.5. The molecule has 0 spiro atoms. The van der Waals surface area contributed by atoms with Gasteiger partial charge in [0.15, 0.2) is 0 Å². The summed E-state index contributed by atoms with van der Waals surface area (Å²) in [6.07, 6.45) is 2.95. The van der Waals surface area contributed by atoms with Crippen LogP contribution in [0.25, 0.3) is 0 Å². The van der Waals surface area contributed by atoms with Crippen molar-refractivity contribution in [2.45, 2.75) is 44.2 Å². The van der Waals surface area contributed by atoms with Gasteiger partial charge in [-0.05, 0) is 19.3 Å². The van der Waals surface area contributed by atoms with Crippen LogP contribution in [0.4, 0.5) is 0 Å². The van der Waals surface area contributed by atoms with Gasteiger partial charge in [0, 0.05) is 58.2 Å². The predicted octanol–water partition coefficient (Wildman–Crippen LogP) is -0.317. The first-order valence-corrected chi connectivity index (χ1v) is 9.20. The minimum Gasteiger partial charge on any atom is -0.391 e. The van der Waals surface area contributed by atoms with Crippen LogP contribution >= 0.6 is 0 Å². The van der Waals surface area contributed by atoms with Crippen LogP contribution in [0.2, 0.25) is 0 Å². The summed E-state index contributed by atoms with van der Waals surface area (Å²) < 4.78 is 5.39. The molecule has 0 aromatic rings. The van der Waals surface area contributed by atoms with Gasteiger partial charge in [-0.1, -0.05) is 0 Å². The Morgan fingerprint density at radius 1 is 1.12 bits per heavy atom. The Bertz CT molecular complexity index is 453. The lowest BCUT2D eigenvalue weighted by Crippen LogP contribution is -2.49. The standard InChI is InChI=1S/C17H29N3O4/c21-15-4-8-20(7-3-14(15)18-10-12-24-13-11-18)17(23)5-9-19-6-1-2-16(19)22/h14-15,21H,1-13H2/t14-,15-/m0/s1. The molecule has 7 nitrogen and oxygen atoms in total. The van der Waals surface area contributed by atoms with Crippen LogP contribution in [0, 0.1) is 0 Å². The third-order valence-corrected chi connectivity index (χ3v) is 5.47. The van der Waals surface area contributed by atoms with Crippen LogP contribution in [0.15, 0.2) is 0 Å². The summed E-state index contributed by atoms with van der Waals surface area (Å²) in [5.41, 5.74) is 0. The fraction of sp³-hybridized carbons (Fsp3) is 0.882. The molecular formula is C17H29N3O4. The zero-order chi connectivity index (χ0) is 16.9. The molecule has 7 heteroatoms. The Balaban J connectivity index is 1.48. The van der Waals surface area contributed by atoms with Gasteiger partial charge in [-0.3, -0.25) is 14.5 Å². The van der Waals surface area contributed by atoms with Gasteiger partial charge >= 0.3 is 0 Å². The molecule has 0 radical (unpaired) electrons. The monoisotopic (exact) mass is 339 g/mol. The summed E-state index contributed by atoms with van der Waals surface area (Å²) >= 11 is 0. The number of morpholine rings is 1. The van der Waals surface area contributed by atoms with Crippen LogP contribution in [-0.4, -0.2) is 96.2 Å². The maximum Gasteiger partial charge on any atom is 0.224 e. The van der Waals surface area contributed by atoms with E-state index in [1.807, 2.05) is 4.90 Å². The number of hydrogen-bond donors (Lipinski definition) is 1. The number of carbonyl (C=O) groups is 2. The number of amides is 2. The van der Waals surface area contributed by atoms with E-state index in [9.17, 15) is 14.7 Å². The minimum atomic E-state index is -0.388. The fourth-order valence-electron chi connectivity index (χ4n) is 3.99. The molecule has 136 valence electrons. The number of hydrogen-bond acceptors (Lipinski definition) is 5. The van der Waals surface area contributed by atoms with E-state index in [2.05, 4.69) is 4.90 Å². The van der Waals surface area contributed by atoms with Gasteiger partial charge in [0.2, 0.25) is 11.8 Å². The van der Waals surface area contributed by atoms with Crippen LogP contribution < -0.4 is 0 Å². The molecule has 2 atom stereocenters. The number of likely N-dealkylation sites (tertiary alicyclic amines) is 2. The minimum absolute atomic E-state index is 0.101. The summed E-state index contributed by atoms with van der Waals surface area (Å²) in [4.78, 5) is 30.1. The van der Waals surface area contributed by atoms with E-state index in [-0.39, 0.29) is 24.0 Å². The molecule has 3 heterocycles. The largest absolute Gasteiger partial charge is 0.391 e. The first kappa shape index (κ1) is 17.6. The molecule has 3 saturated heterocycles. The fourth-order valence-corrected chi connectivity index (χ4v) is 3.99. The molecule has 0 bridgehead atoms. The normalized spacial score (nSPS) is 29.8. The van der Waals surface area contributed by atoms with E-state index in [1.165, 1.54) is 0 Å². The number of aliphatic hydroxyl groups is 1. The molecule has 3 aliphatic rings. The SMILES string of the molecule is O=C1CCCN1CCC(=O)N1CC[C@H](O)[C@@H](N2CCOCC2)CC1. The lowest BCUT2D eigenvalue weighted by molar-refractivity contribution is -0.132. The second kappa shape index (κ2) is 8.27. The third kappa shape index (κ3) is 4.26. The van der Waals surface area contributed by atoms with Gasteiger partial charge in [-0.25, -0.2) is 0 Å². The quantitative estimate of drug-likeness (QED) is 0.760. The molecule has 0 aliphatic carbocycles. The number of carbonyl (C=O) groups excluding carboxylic acids is 2. The Kier molecular flexibility index (Phi) is 6.08.